The van der Waals surface area contributed by atoms with Crippen molar-refractivity contribution in [2.75, 3.05) is 0 Å². The summed E-state index contributed by atoms with van der Waals surface area (Å²) < 4.78 is 97.2. The van der Waals surface area contributed by atoms with Crippen LogP contribution in [0.2, 0.25) is 0 Å². The standard InChI is InChI=1S/H3N.Na.3H2O4S/c;;3*1-5(2,3)4/h1H3;;3*(H2,1,2,3,4)/q;+1;;;/p-1. The molecular weight excluding hydrogens is 325 g/mol. The predicted octanol–water partition coefficient (Wildman–Crippen LogP) is -5.26. The zero-order chi connectivity index (χ0) is 13.5. The Kier molecular flexibility index (Phi) is 20.9. The van der Waals surface area contributed by atoms with E-state index in [1.54, 1.807) is 0 Å². The van der Waals surface area contributed by atoms with Crippen LogP contribution in [0.25, 0.3) is 0 Å². The summed E-state index contributed by atoms with van der Waals surface area (Å²) in [6, 6.07) is 0. The van der Waals surface area contributed by atoms with E-state index in [2.05, 4.69) is 0 Å². The molecule has 17 heteroatoms. The molecule has 0 unspecified atom stereocenters. The van der Waals surface area contributed by atoms with E-state index in [4.69, 9.17) is 52.6 Å². The molecule has 0 amide bonds. The molecule has 0 aliphatic carbocycles. The first-order valence-electron chi connectivity index (χ1n) is 2.06. The maximum absolute atomic E-state index is 8.74. The molecule has 0 spiro atoms. The number of rotatable bonds is 0. The van der Waals surface area contributed by atoms with Crippen LogP contribution in [0.15, 0.2) is 0 Å². The second kappa shape index (κ2) is 11.6. The fourth-order valence-electron chi connectivity index (χ4n) is 0. The summed E-state index contributed by atoms with van der Waals surface area (Å²) in [6.07, 6.45) is 0. The monoisotopic (exact) mass is 333 g/mol. The number of quaternary nitrogens is 1. The van der Waals surface area contributed by atoms with Gasteiger partial charge in [-0.3, -0.25) is 26.6 Å². The Morgan fingerprint density at radius 3 is 0.647 bits per heavy atom. The van der Waals surface area contributed by atoms with Gasteiger partial charge in [-0.05, 0) is 0 Å². The zero-order valence-corrected chi connectivity index (χ0v) is 12.7. The van der Waals surface area contributed by atoms with E-state index in [1.807, 2.05) is 0 Å². The van der Waals surface area contributed by atoms with Gasteiger partial charge in [-0.1, -0.05) is 0 Å². The van der Waals surface area contributed by atoms with Gasteiger partial charge in [0, 0.05) is 10.4 Å². The minimum absolute atomic E-state index is 0. The van der Waals surface area contributed by atoms with E-state index in [0.717, 1.165) is 0 Å². The normalized spacial score (nSPS) is 10.2. The third-order valence-corrected chi connectivity index (χ3v) is 0. The summed E-state index contributed by atoms with van der Waals surface area (Å²) in [5.74, 6) is 0. The van der Waals surface area contributed by atoms with Crippen molar-refractivity contribution in [3.63, 3.8) is 0 Å². The molecule has 0 heterocycles. The molecule has 13 nitrogen and oxygen atoms in total. The molecular formula is H8NNaO12S3. The summed E-state index contributed by atoms with van der Waals surface area (Å²) in [7, 11) is -14.5. The maximum atomic E-state index is 8.74. The summed E-state index contributed by atoms with van der Waals surface area (Å²) in [5, 5.41) is 0. The van der Waals surface area contributed by atoms with Gasteiger partial charge >= 0.3 is 50.4 Å². The van der Waals surface area contributed by atoms with Crippen molar-refractivity contribution in [1.29, 1.82) is 0 Å². The molecule has 0 aliphatic rings. The van der Waals surface area contributed by atoms with Gasteiger partial charge in [0.25, 0.3) is 0 Å². The van der Waals surface area contributed by atoms with Gasteiger partial charge in [-0.15, -0.1) is 0 Å². The Labute approximate surface area is 119 Å². The van der Waals surface area contributed by atoms with Gasteiger partial charge in [0.05, 0.1) is 0 Å². The fourth-order valence-corrected chi connectivity index (χ4v) is 0. The molecule has 104 valence electrons. The molecule has 0 saturated carbocycles. The first kappa shape index (κ1) is 30.5. The van der Waals surface area contributed by atoms with E-state index in [1.165, 1.54) is 0 Å². The second-order valence-corrected chi connectivity index (χ2v) is 3.91. The van der Waals surface area contributed by atoms with Crippen LogP contribution in [-0.4, -0.2) is 52.6 Å². The van der Waals surface area contributed by atoms with Crippen LogP contribution in [0.5, 0.6) is 0 Å². The first-order chi connectivity index (χ1) is 6.00. The molecule has 17 heavy (non-hydrogen) atoms. The van der Waals surface area contributed by atoms with Crippen LogP contribution in [0.1, 0.15) is 0 Å². The molecule has 0 saturated heterocycles. The van der Waals surface area contributed by atoms with Gasteiger partial charge in [0.15, 0.2) is 0 Å². The Bertz CT molecular complexity index is 343. The second-order valence-electron chi connectivity index (χ2n) is 1.30. The van der Waals surface area contributed by atoms with E-state index >= 15 is 0 Å². The Hall–Kier alpha value is 0.570. The Morgan fingerprint density at radius 2 is 0.647 bits per heavy atom. The summed E-state index contributed by atoms with van der Waals surface area (Å²) in [5.41, 5.74) is 0. The summed E-state index contributed by atoms with van der Waals surface area (Å²) in [4.78, 5) is 0. The number of hydrogen-bond donors (Lipinski definition) is 5. The van der Waals surface area contributed by atoms with E-state index in [9.17, 15) is 0 Å². The Balaban J connectivity index is -0.0000000400. The topological polar surface area (TPSA) is 266 Å². The van der Waals surface area contributed by atoms with Crippen molar-refractivity contribution in [2.24, 2.45) is 0 Å². The van der Waals surface area contributed by atoms with Crippen LogP contribution in [0.3, 0.4) is 0 Å². The quantitative estimate of drug-likeness (QED) is 0.158. The summed E-state index contributed by atoms with van der Waals surface area (Å²) in [6.45, 7) is 0. The van der Waals surface area contributed by atoms with Crippen molar-refractivity contribution in [2.45, 2.75) is 0 Å². The van der Waals surface area contributed by atoms with Gasteiger partial charge in [0.2, 0.25) is 0 Å². The average molecular weight is 333 g/mol. The van der Waals surface area contributed by atoms with Crippen molar-refractivity contribution in [1.82, 2.24) is 6.15 Å². The van der Waals surface area contributed by atoms with Crippen molar-refractivity contribution < 1.29 is 82.1 Å². The Morgan fingerprint density at radius 1 is 0.647 bits per heavy atom. The van der Waals surface area contributed by atoms with Crippen LogP contribution in [-0.2, 0) is 31.2 Å². The molecule has 8 N–H and O–H groups in total. The smallest absolute Gasteiger partial charge is 0.759 e. The van der Waals surface area contributed by atoms with Crippen molar-refractivity contribution in [3.8, 4) is 0 Å². The van der Waals surface area contributed by atoms with Crippen LogP contribution >= 0.6 is 0 Å². The molecule has 0 fully saturated rings. The molecule has 0 aliphatic heterocycles. The maximum Gasteiger partial charge on any atom is 1.00 e. The third kappa shape index (κ3) is 10800. The largest absolute Gasteiger partial charge is 1.00 e. The number of hydrogen-bond acceptors (Lipinski definition) is 8. The zero-order valence-electron chi connectivity index (χ0n) is 8.28. The molecule has 0 bridgehead atoms. The van der Waals surface area contributed by atoms with Crippen LogP contribution < -0.4 is 35.7 Å². The molecule has 0 aromatic rings. The minimum Gasteiger partial charge on any atom is -0.759 e. The van der Waals surface area contributed by atoms with Crippen LogP contribution in [0.4, 0.5) is 0 Å². The van der Waals surface area contributed by atoms with E-state index in [-0.39, 0.29) is 35.7 Å². The van der Waals surface area contributed by atoms with Gasteiger partial charge < -0.3 is 15.3 Å². The minimum atomic E-state index is -5.17. The summed E-state index contributed by atoms with van der Waals surface area (Å²) >= 11 is 0. The van der Waals surface area contributed by atoms with Gasteiger partial charge in [-0.25, -0.2) is 0 Å². The average Bonchev–Trinajstić information content (AvgIpc) is 1.41. The third-order valence-electron chi connectivity index (χ3n) is 0. The van der Waals surface area contributed by atoms with Crippen molar-refractivity contribution >= 4 is 31.2 Å². The molecule has 0 radical (unpaired) electrons. The van der Waals surface area contributed by atoms with Crippen molar-refractivity contribution in [3.05, 3.63) is 0 Å². The fraction of sp³-hybridized carbons (Fsp3) is 0. The molecule has 0 rings (SSSR count). The predicted molar refractivity (Wildman–Crippen MR) is 44.8 cm³/mol. The first-order valence-corrected chi connectivity index (χ1v) is 6.19. The molecule has 0 atom stereocenters. The molecule has 0 aromatic heterocycles. The van der Waals surface area contributed by atoms with Gasteiger partial charge in [-0.2, -0.15) is 16.8 Å². The van der Waals surface area contributed by atoms with Gasteiger partial charge in [0.1, 0.15) is 0 Å². The SMILES string of the molecule is O=S(=O)(O)O.O=S(=O)(O)O.O=S(=O)([O-])[O-].[NH4+].[Na+]. The van der Waals surface area contributed by atoms with Crippen LogP contribution in [0, 0.1) is 0 Å². The van der Waals surface area contributed by atoms with E-state index in [0.29, 0.717) is 0 Å². The van der Waals surface area contributed by atoms with E-state index < -0.39 is 31.2 Å². The molecule has 0 aromatic carbocycles.